The van der Waals surface area contributed by atoms with Crippen LogP contribution in [0.3, 0.4) is 0 Å². The smallest absolute Gasteiger partial charge is 0.268 e. The first-order valence-corrected chi connectivity index (χ1v) is 8.98. The molecular weight excluding hydrogens is 370 g/mol. The van der Waals surface area contributed by atoms with Gasteiger partial charge in [0.25, 0.3) is 5.89 Å². The van der Waals surface area contributed by atoms with Gasteiger partial charge in [-0.1, -0.05) is 43.3 Å². The number of hydrogen-bond donors (Lipinski definition) is 1. The van der Waals surface area contributed by atoms with Gasteiger partial charge in [-0.25, -0.2) is 0 Å². The normalized spacial score (nSPS) is 11.3. The van der Waals surface area contributed by atoms with Gasteiger partial charge in [0.15, 0.2) is 0 Å². The molecule has 0 saturated heterocycles. The average molecular weight is 390 g/mol. The number of benzene rings is 1. The fourth-order valence-electron chi connectivity index (χ4n) is 2.83. The molecule has 0 aliphatic carbocycles. The molecule has 136 valence electrons. The lowest BCUT2D eigenvalue weighted by molar-refractivity contribution is 0.433. The quantitative estimate of drug-likeness (QED) is 0.560. The molecule has 0 spiro atoms. The summed E-state index contributed by atoms with van der Waals surface area (Å²) in [5.74, 6) is 1.48. The molecule has 0 aliphatic heterocycles. The van der Waals surface area contributed by atoms with Gasteiger partial charge < -0.3 is 10.3 Å². The van der Waals surface area contributed by atoms with Crippen LogP contribution in [-0.4, -0.2) is 19.9 Å². The van der Waals surface area contributed by atoms with Crippen molar-refractivity contribution in [3.63, 3.8) is 0 Å². The molecule has 6 nitrogen and oxygen atoms in total. The maximum atomic E-state index is 5.64. The van der Waals surface area contributed by atoms with Gasteiger partial charge in [-0.3, -0.25) is 4.68 Å². The molecule has 0 unspecified atom stereocenters. The topological polar surface area (TPSA) is 82.8 Å². The van der Waals surface area contributed by atoms with Gasteiger partial charge in [-0.15, -0.1) is 23.7 Å². The van der Waals surface area contributed by atoms with Crippen LogP contribution in [0, 0.1) is 0 Å². The summed E-state index contributed by atoms with van der Waals surface area (Å²) in [5, 5.41) is 9.88. The highest BCUT2D eigenvalue weighted by atomic mass is 35.5. The Bertz CT molecular complexity index is 1030. The lowest BCUT2D eigenvalue weighted by atomic mass is 10.1. The van der Waals surface area contributed by atoms with E-state index in [1.54, 1.807) is 11.3 Å². The van der Waals surface area contributed by atoms with Gasteiger partial charge in [0.1, 0.15) is 4.83 Å². The number of hydrogen-bond acceptors (Lipinski definition) is 6. The van der Waals surface area contributed by atoms with Crippen molar-refractivity contribution in [3.8, 4) is 22.2 Å². The maximum Gasteiger partial charge on any atom is 0.268 e. The molecule has 3 heterocycles. The number of fused-ring (bicyclic) bond motifs is 1. The fourth-order valence-corrected chi connectivity index (χ4v) is 3.83. The average Bonchev–Trinajstić information content (AvgIpc) is 3.31. The minimum atomic E-state index is 0. The third kappa shape index (κ3) is 3.13. The second-order valence-corrected chi connectivity index (χ2v) is 7.35. The van der Waals surface area contributed by atoms with Crippen LogP contribution in [0.5, 0.6) is 0 Å². The highest BCUT2D eigenvalue weighted by molar-refractivity contribution is 7.21. The summed E-state index contributed by atoms with van der Waals surface area (Å²) in [6.07, 6.45) is 0. The summed E-state index contributed by atoms with van der Waals surface area (Å²) >= 11 is 1.62. The highest BCUT2D eigenvalue weighted by Crippen LogP contribution is 2.36. The van der Waals surface area contributed by atoms with E-state index in [9.17, 15) is 0 Å². The standard InChI is InChI=1S/C18H19N5OS.ClH/c1-10(2)15-13-8-14(25-18(13)23(3)21-15)17-20-16(22-24-17)12-6-4-11(9-19)5-7-12;/h4-8,10H,9,19H2,1-3H3;1H. The van der Waals surface area contributed by atoms with E-state index in [-0.39, 0.29) is 12.4 Å². The Morgan fingerprint density at radius 2 is 1.96 bits per heavy atom. The van der Waals surface area contributed by atoms with Crippen molar-refractivity contribution in [1.29, 1.82) is 0 Å². The fraction of sp³-hybridized carbons (Fsp3) is 0.278. The van der Waals surface area contributed by atoms with E-state index in [4.69, 9.17) is 10.3 Å². The Labute approximate surface area is 161 Å². The van der Waals surface area contributed by atoms with Crippen LogP contribution in [0.25, 0.3) is 32.4 Å². The largest absolute Gasteiger partial charge is 0.333 e. The summed E-state index contributed by atoms with van der Waals surface area (Å²) in [7, 11) is 1.97. The number of thiophene rings is 1. The van der Waals surface area contributed by atoms with Crippen LogP contribution in [-0.2, 0) is 13.6 Å². The van der Waals surface area contributed by atoms with Crippen LogP contribution < -0.4 is 5.73 Å². The van der Waals surface area contributed by atoms with Crippen molar-refractivity contribution in [2.24, 2.45) is 12.8 Å². The van der Waals surface area contributed by atoms with Crippen LogP contribution in [0.15, 0.2) is 34.9 Å². The van der Waals surface area contributed by atoms with Gasteiger partial charge in [-0.2, -0.15) is 10.1 Å². The maximum absolute atomic E-state index is 5.64. The lowest BCUT2D eigenvalue weighted by Gasteiger charge is -1.98. The first kappa shape index (κ1) is 18.6. The predicted octanol–water partition coefficient (Wildman–Crippen LogP) is 4.36. The third-order valence-electron chi connectivity index (χ3n) is 4.17. The highest BCUT2D eigenvalue weighted by Gasteiger charge is 2.19. The molecule has 0 aliphatic rings. The summed E-state index contributed by atoms with van der Waals surface area (Å²) in [6, 6.07) is 9.97. The Morgan fingerprint density at radius 1 is 1.23 bits per heavy atom. The lowest BCUT2D eigenvalue weighted by Crippen LogP contribution is -1.95. The van der Waals surface area contributed by atoms with Crippen molar-refractivity contribution in [3.05, 3.63) is 41.6 Å². The zero-order chi connectivity index (χ0) is 17.6. The zero-order valence-corrected chi connectivity index (χ0v) is 16.4. The first-order chi connectivity index (χ1) is 12.1. The molecule has 0 atom stereocenters. The Hall–Kier alpha value is -2.22. The molecule has 26 heavy (non-hydrogen) atoms. The molecule has 4 rings (SSSR count). The van der Waals surface area contributed by atoms with Crippen molar-refractivity contribution in [1.82, 2.24) is 19.9 Å². The van der Waals surface area contributed by atoms with Gasteiger partial charge >= 0.3 is 0 Å². The minimum Gasteiger partial charge on any atom is -0.333 e. The van der Waals surface area contributed by atoms with E-state index in [0.29, 0.717) is 24.2 Å². The summed E-state index contributed by atoms with van der Waals surface area (Å²) in [5.41, 5.74) is 8.72. The van der Waals surface area contributed by atoms with Gasteiger partial charge in [-0.05, 0) is 17.5 Å². The monoisotopic (exact) mass is 389 g/mol. The summed E-state index contributed by atoms with van der Waals surface area (Å²) in [4.78, 5) is 6.63. The second kappa shape index (κ2) is 7.19. The Balaban J connectivity index is 0.00000196. The third-order valence-corrected chi connectivity index (χ3v) is 5.36. The van der Waals surface area contributed by atoms with Gasteiger partial charge in [0.2, 0.25) is 5.82 Å². The molecule has 0 fully saturated rings. The number of nitrogens with two attached hydrogens (primary N) is 1. The first-order valence-electron chi connectivity index (χ1n) is 8.16. The summed E-state index contributed by atoms with van der Waals surface area (Å²) in [6.45, 7) is 4.82. The number of rotatable bonds is 4. The van der Waals surface area contributed by atoms with E-state index in [0.717, 1.165) is 31.9 Å². The molecule has 0 saturated carbocycles. The molecule has 8 heteroatoms. The number of halogens is 1. The number of aromatic nitrogens is 4. The minimum absolute atomic E-state index is 0. The van der Waals surface area contributed by atoms with E-state index < -0.39 is 0 Å². The molecular formula is C18H20ClN5OS. The molecule has 0 radical (unpaired) electrons. The molecule has 2 N–H and O–H groups in total. The van der Waals surface area contributed by atoms with Crippen molar-refractivity contribution >= 4 is 34.0 Å². The molecule has 3 aromatic heterocycles. The molecule has 1 aromatic carbocycles. The van der Waals surface area contributed by atoms with E-state index in [1.165, 1.54) is 0 Å². The summed E-state index contributed by atoms with van der Waals surface area (Å²) < 4.78 is 7.41. The number of aryl methyl sites for hydroxylation is 1. The van der Waals surface area contributed by atoms with Crippen molar-refractivity contribution < 1.29 is 4.52 Å². The molecule has 4 aromatic rings. The molecule has 0 amide bonds. The van der Waals surface area contributed by atoms with Crippen LogP contribution in [0.1, 0.15) is 31.0 Å². The van der Waals surface area contributed by atoms with Crippen LogP contribution >= 0.6 is 23.7 Å². The van der Waals surface area contributed by atoms with E-state index in [2.05, 4.69) is 35.2 Å². The van der Waals surface area contributed by atoms with E-state index in [1.807, 2.05) is 36.0 Å². The Kier molecular flexibility index (Phi) is 5.13. The zero-order valence-electron chi connectivity index (χ0n) is 14.8. The van der Waals surface area contributed by atoms with Gasteiger partial charge in [0.05, 0.1) is 10.6 Å². The van der Waals surface area contributed by atoms with Crippen LogP contribution in [0.4, 0.5) is 0 Å². The van der Waals surface area contributed by atoms with Crippen molar-refractivity contribution in [2.75, 3.05) is 0 Å². The predicted molar refractivity (Wildman–Crippen MR) is 107 cm³/mol. The second-order valence-electron chi connectivity index (χ2n) is 6.32. The number of nitrogens with zero attached hydrogens (tertiary/aromatic N) is 4. The SMILES string of the molecule is CC(C)c1nn(C)c2sc(-c3nc(-c4ccc(CN)cc4)no3)cc12.Cl. The van der Waals surface area contributed by atoms with Crippen molar-refractivity contribution in [2.45, 2.75) is 26.3 Å². The van der Waals surface area contributed by atoms with Gasteiger partial charge in [0, 0.05) is 24.5 Å². The van der Waals surface area contributed by atoms with Crippen LogP contribution in [0.2, 0.25) is 0 Å². The molecule has 0 bridgehead atoms. The van der Waals surface area contributed by atoms with E-state index >= 15 is 0 Å². The Morgan fingerprint density at radius 3 is 2.62 bits per heavy atom.